The van der Waals surface area contributed by atoms with Crippen LogP contribution >= 0.6 is 0 Å². The van der Waals surface area contributed by atoms with Crippen LogP contribution in [0, 0.1) is 12.8 Å². The van der Waals surface area contributed by atoms with Crippen molar-refractivity contribution in [1.82, 2.24) is 9.71 Å². The monoisotopic (exact) mass is 308 g/mol. The van der Waals surface area contributed by atoms with Gasteiger partial charge in [0.1, 0.15) is 0 Å². The molecule has 0 amide bonds. The highest BCUT2D eigenvalue weighted by Crippen LogP contribution is 2.24. The lowest BCUT2D eigenvalue weighted by Gasteiger charge is -2.20. The molecule has 0 aliphatic heterocycles. The van der Waals surface area contributed by atoms with Crippen LogP contribution in [0.25, 0.3) is 10.9 Å². The Morgan fingerprint density at radius 3 is 2.62 bits per heavy atom. The second-order valence-electron chi connectivity index (χ2n) is 5.43. The van der Waals surface area contributed by atoms with Crippen LogP contribution in [0.15, 0.2) is 35.4 Å². The average Bonchev–Trinajstić information content (AvgIpc) is 2.45. The van der Waals surface area contributed by atoms with E-state index in [-0.39, 0.29) is 17.4 Å². The van der Waals surface area contributed by atoms with E-state index in [1.165, 1.54) is 0 Å². The number of sulfonamides is 1. The molecule has 1 heterocycles. The van der Waals surface area contributed by atoms with Gasteiger partial charge < -0.3 is 5.11 Å². The summed E-state index contributed by atoms with van der Waals surface area (Å²) >= 11 is 0. The van der Waals surface area contributed by atoms with Crippen molar-refractivity contribution in [2.75, 3.05) is 6.61 Å². The number of aliphatic hydroxyl groups excluding tert-OH is 1. The van der Waals surface area contributed by atoms with Crippen LogP contribution in [0.3, 0.4) is 0 Å². The third-order valence-corrected chi connectivity index (χ3v) is 5.08. The molecular weight excluding hydrogens is 288 g/mol. The Kier molecular flexibility index (Phi) is 4.61. The summed E-state index contributed by atoms with van der Waals surface area (Å²) in [4.78, 5) is 4.44. The minimum absolute atomic E-state index is 0.000359. The van der Waals surface area contributed by atoms with Crippen molar-refractivity contribution < 1.29 is 13.5 Å². The number of aryl methyl sites for hydroxylation is 1. The van der Waals surface area contributed by atoms with Crippen molar-refractivity contribution in [2.24, 2.45) is 5.92 Å². The zero-order chi connectivity index (χ0) is 15.6. The van der Waals surface area contributed by atoms with Crippen LogP contribution in [0.2, 0.25) is 0 Å². The molecule has 2 N–H and O–H groups in total. The fraction of sp³-hybridized carbons (Fsp3) is 0.400. The molecule has 1 aromatic carbocycles. The van der Waals surface area contributed by atoms with Gasteiger partial charge in [-0.2, -0.15) is 0 Å². The summed E-state index contributed by atoms with van der Waals surface area (Å²) in [6.07, 6.45) is 1.64. The molecule has 0 saturated heterocycles. The Bertz CT molecular complexity index is 742. The van der Waals surface area contributed by atoms with Gasteiger partial charge in [-0.3, -0.25) is 4.98 Å². The van der Waals surface area contributed by atoms with Gasteiger partial charge in [0.05, 0.1) is 17.0 Å². The zero-order valence-electron chi connectivity index (χ0n) is 12.4. The highest BCUT2D eigenvalue weighted by molar-refractivity contribution is 7.89. The predicted molar refractivity (Wildman–Crippen MR) is 82.5 cm³/mol. The van der Waals surface area contributed by atoms with E-state index < -0.39 is 16.1 Å². The van der Waals surface area contributed by atoms with Crippen molar-refractivity contribution in [3.8, 4) is 0 Å². The number of benzene rings is 1. The van der Waals surface area contributed by atoms with Gasteiger partial charge in [0, 0.05) is 17.6 Å². The van der Waals surface area contributed by atoms with Gasteiger partial charge in [0.25, 0.3) is 0 Å². The van der Waals surface area contributed by atoms with Crippen LogP contribution in [0.5, 0.6) is 0 Å². The quantitative estimate of drug-likeness (QED) is 0.883. The molecule has 0 aliphatic carbocycles. The van der Waals surface area contributed by atoms with Crippen molar-refractivity contribution in [1.29, 1.82) is 0 Å². The average molecular weight is 308 g/mol. The lowest BCUT2D eigenvalue weighted by Crippen LogP contribution is -2.41. The molecule has 21 heavy (non-hydrogen) atoms. The topological polar surface area (TPSA) is 79.3 Å². The maximum absolute atomic E-state index is 12.6. The van der Waals surface area contributed by atoms with Crippen LogP contribution in [-0.2, 0) is 10.0 Å². The molecule has 0 aliphatic rings. The van der Waals surface area contributed by atoms with E-state index in [1.54, 1.807) is 30.5 Å². The number of pyridine rings is 1. The molecule has 114 valence electrons. The smallest absolute Gasteiger partial charge is 0.241 e. The summed E-state index contributed by atoms with van der Waals surface area (Å²) in [6, 6.07) is 6.27. The molecule has 1 aromatic heterocycles. The fourth-order valence-corrected chi connectivity index (χ4v) is 3.74. The summed E-state index contributed by atoms with van der Waals surface area (Å²) in [5, 5.41) is 9.91. The molecule has 0 spiro atoms. The number of rotatable bonds is 5. The Morgan fingerprint density at radius 1 is 1.29 bits per heavy atom. The number of aliphatic hydroxyl groups is 1. The van der Waals surface area contributed by atoms with Gasteiger partial charge >= 0.3 is 0 Å². The lowest BCUT2D eigenvalue weighted by atomic mass is 10.1. The largest absolute Gasteiger partial charge is 0.395 e. The van der Waals surface area contributed by atoms with E-state index >= 15 is 0 Å². The van der Waals surface area contributed by atoms with Crippen molar-refractivity contribution in [3.63, 3.8) is 0 Å². The molecule has 5 nitrogen and oxygen atoms in total. The molecule has 0 saturated carbocycles. The first-order valence-corrected chi connectivity index (χ1v) is 8.32. The highest BCUT2D eigenvalue weighted by Gasteiger charge is 2.24. The minimum atomic E-state index is -3.71. The predicted octanol–water partition coefficient (Wildman–Crippen LogP) is 1.84. The molecule has 2 rings (SSSR count). The molecular formula is C15H20N2O3S. The number of hydrogen-bond acceptors (Lipinski definition) is 4. The van der Waals surface area contributed by atoms with E-state index in [0.717, 1.165) is 5.56 Å². The molecule has 6 heteroatoms. The number of nitrogens with one attached hydrogen (secondary N) is 1. The van der Waals surface area contributed by atoms with Crippen LogP contribution < -0.4 is 4.72 Å². The van der Waals surface area contributed by atoms with Crippen molar-refractivity contribution in [3.05, 3.63) is 36.0 Å². The van der Waals surface area contributed by atoms with E-state index in [2.05, 4.69) is 9.71 Å². The van der Waals surface area contributed by atoms with Crippen LogP contribution in [0.1, 0.15) is 19.4 Å². The second-order valence-corrected chi connectivity index (χ2v) is 7.12. The molecule has 0 fully saturated rings. The number of fused-ring (bicyclic) bond motifs is 1. The standard InChI is InChI=1S/C15H20N2O3S/c1-10(2)13(9-18)17-21(19,20)14-7-6-11(3)15-12(14)5-4-8-16-15/h4-8,10,13,17-18H,9H2,1-3H3. The summed E-state index contributed by atoms with van der Waals surface area (Å²) in [5.74, 6) is -0.000359. The molecule has 1 unspecified atom stereocenters. The molecule has 0 bridgehead atoms. The molecule has 0 radical (unpaired) electrons. The maximum Gasteiger partial charge on any atom is 0.241 e. The number of hydrogen-bond donors (Lipinski definition) is 2. The minimum Gasteiger partial charge on any atom is -0.395 e. The van der Waals surface area contributed by atoms with Gasteiger partial charge in [-0.1, -0.05) is 19.9 Å². The third kappa shape index (κ3) is 3.23. The van der Waals surface area contributed by atoms with Crippen molar-refractivity contribution >= 4 is 20.9 Å². The van der Waals surface area contributed by atoms with Crippen molar-refractivity contribution in [2.45, 2.75) is 31.7 Å². The zero-order valence-corrected chi connectivity index (χ0v) is 13.2. The highest BCUT2D eigenvalue weighted by atomic mass is 32.2. The van der Waals surface area contributed by atoms with Crippen LogP contribution in [0.4, 0.5) is 0 Å². The summed E-state index contributed by atoms with van der Waals surface area (Å²) in [6.45, 7) is 5.37. The van der Waals surface area contributed by atoms with E-state index in [0.29, 0.717) is 10.9 Å². The molecule has 2 aromatic rings. The SMILES string of the molecule is Cc1ccc(S(=O)(=O)NC(CO)C(C)C)c2cccnc12. The Labute approximate surface area is 125 Å². The third-order valence-electron chi connectivity index (χ3n) is 3.53. The molecule has 1 atom stereocenters. The lowest BCUT2D eigenvalue weighted by molar-refractivity contribution is 0.228. The summed E-state index contributed by atoms with van der Waals surface area (Å²) < 4.78 is 27.7. The van der Waals surface area contributed by atoms with E-state index in [1.807, 2.05) is 20.8 Å². The Morgan fingerprint density at radius 2 is 2.00 bits per heavy atom. The summed E-state index contributed by atoms with van der Waals surface area (Å²) in [5.41, 5.74) is 1.59. The van der Waals surface area contributed by atoms with Gasteiger partial charge in [-0.15, -0.1) is 0 Å². The number of aromatic nitrogens is 1. The first-order chi connectivity index (χ1) is 9.86. The maximum atomic E-state index is 12.6. The summed E-state index contributed by atoms with van der Waals surface area (Å²) in [7, 11) is -3.71. The second kappa shape index (κ2) is 6.09. The van der Waals surface area contributed by atoms with Gasteiger partial charge in [0.2, 0.25) is 10.0 Å². The van der Waals surface area contributed by atoms with E-state index in [9.17, 15) is 13.5 Å². The normalized spacial score (nSPS) is 13.8. The number of nitrogens with zero attached hydrogens (tertiary/aromatic N) is 1. The first kappa shape index (κ1) is 15.9. The van der Waals surface area contributed by atoms with Crippen LogP contribution in [-0.4, -0.2) is 31.2 Å². The fourth-order valence-electron chi connectivity index (χ4n) is 2.17. The van der Waals surface area contributed by atoms with E-state index in [4.69, 9.17) is 0 Å². The van der Waals surface area contributed by atoms with Gasteiger partial charge in [-0.05, 0) is 36.6 Å². The van der Waals surface area contributed by atoms with Gasteiger partial charge in [0.15, 0.2) is 0 Å². The Hall–Kier alpha value is -1.50. The van der Waals surface area contributed by atoms with Gasteiger partial charge in [-0.25, -0.2) is 13.1 Å². The Balaban J connectivity index is 2.53. The first-order valence-electron chi connectivity index (χ1n) is 6.84.